The zero-order chi connectivity index (χ0) is 20.7. The predicted octanol–water partition coefficient (Wildman–Crippen LogP) is 4.48. The fourth-order valence-electron chi connectivity index (χ4n) is 2.11. The van der Waals surface area contributed by atoms with Crippen LogP contribution in [0.5, 0.6) is 5.75 Å². The Balaban J connectivity index is 2.05. The summed E-state index contributed by atoms with van der Waals surface area (Å²) in [6.45, 7) is 1.39. The Hall–Kier alpha value is -3.01. The molecule has 0 aromatic heterocycles. The van der Waals surface area contributed by atoms with E-state index in [0.717, 1.165) is 0 Å². The lowest BCUT2D eigenvalue weighted by Crippen LogP contribution is -2.30. The van der Waals surface area contributed by atoms with Crippen molar-refractivity contribution in [1.82, 2.24) is 0 Å². The van der Waals surface area contributed by atoms with Gasteiger partial charge in [0.05, 0.1) is 17.8 Å². The Bertz CT molecular complexity index is 950. The van der Waals surface area contributed by atoms with Crippen LogP contribution in [0.1, 0.15) is 12.5 Å². The number of nitrogens with one attached hydrogen (secondary N) is 1. The third-order valence-corrected chi connectivity index (χ3v) is 4.16. The van der Waals surface area contributed by atoms with Crippen LogP contribution in [0, 0.1) is 11.3 Å². The lowest BCUT2D eigenvalue weighted by Gasteiger charge is -2.14. The summed E-state index contributed by atoms with van der Waals surface area (Å²) in [7, 11) is 1.53. The van der Waals surface area contributed by atoms with Crippen LogP contribution in [0.3, 0.4) is 0 Å². The van der Waals surface area contributed by atoms with Gasteiger partial charge in [0, 0.05) is 5.02 Å². The SMILES string of the molecule is COc1ccc(/C=C(\C#N)C(=O)OC(C)C(=O)Nc2ccc(Cl)cc2Cl)cc1. The van der Waals surface area contributed by atoms with Crippen molar-refractivity contribution in [3.8, 4) is 11.8 Å². The molecule has 1 N–H and O–H groups in total. The highest BCUT2D eigenvalue weighted by molar-refractivity contribution is 6.36. The summed E-state index contributed by atoms with van der Waals surface area (Å²) in [5.74, 6) is -0.869. The summed E-state index contributed by atoms with van der Waals surface area (Å²) >= 11 is 11.8. The second-order valence-electron chi connectivity index (χ2n) is 5.60. The summed E-state index contributed by atoms with van der Waals surface area (Å²) in [5.41, 5.74) is 0.696. The second-order valence-corrected chi connectivity index (χ2v) is 6.45. The quantitative estimate of drug-likeness (QED) is 0.424. The van der Waals surface area contributed by atoms with Gasteiger partial charge in [-0.2, -0.15) is 5.26 Å². The number of ether oxygens (including phenoxy) is 2. The van der Waals surface area contributed by atoms with Crippen LogP contribution in [0.15, 0.2) is 48.0 Å². The molecular weight excluding hydrogens is 403 g/mol. The Labute approximate surface area is 172 Å². The number of nitriles is 1. The number of esters is 1. The van der Waals surface area contributed by atoms with E-state index in [1.807, 2.05) is 0 Å². The Kier molecular flexibility index (Phi) is 7.44. The molecule has 2 aromatic carbocycles. The Morgan fingerprint density at radius 3 is 2.43 bits per heavy atom. The molecule has 1 atom stereocenters. The van der Waals surface area contributed by atoms with E-state index < -0.39 is 18.0 Å². The molecule has 0 fully saturated rings. The van der Waals surface area contributed by atoms with Crippen molar-refractivity contribution in [3.63, 3.8) is 0 Å². The number of carbonyl (C=O) groups excluding carboxylic acids is 2. The number of rotatable bonds is 6. The zero-order valence-corrected chi connectivity index (χ0v) is 16.5. The van der Waals surface area contributed by atoms with Crippen LogP contribution in [0.25, 0.3) is 6.08 Å². The average molecular weight is 419 g/mol. The molecule has 144 valence electrons. The Morgan fingerprint density at radius 2 is 1.86 bits per heavy atom. The van der Waals surface area contributed by atoms with Crippen molar-refractivity contribution in [2.75, 3.05) is 12.4 Å². The van der Waals surface area contributed by atoms with Crippen molar-refractivity contribution in [1.29, 1.82) is 5.26 Å². The van der Waals surface area contributed by atoms with Crippen LogP contribution in [-0.4, -0.2) is 25.1 Å². The number of anilines is 1. The molecule has 0 radical (unpaired) electrons. The largest absolute Gasteiger partial charge is 0.497 e. The van der Waals surface area contributed by atoms with Crippen LogP contribution < -0.4 is 10.1 Å². The third kappa shape index (κ3) is 5.74. The van der Waals surface area contributed by atoms with Gasteiger partial charge in [-0.05, 0) is 48.9 Å². The van der Waals surface area contributed by atoms with Crippen molar-refractivity contribution >= 4 is 46.8 Å². The molecule has 0 bridgehead atoms. The number of halogens is 2. The smallest absolute Gasteiger partial charge is 0.349 e. The van der Waals surface area contributed by atoms with Crippen molar-refractivity contribution in [3.05, 3.63) is 63.6 Å². The molecule has 0 aliphatic rings. The first-order valence-electron chi connectivity index (χ1n) is 8.06. The van der Waals surface area contributed by atoms with Gasteiger partial charge in [0.1, 0.15) is 17.4 Å². The predicted molar refractivity (Wildman–Crippen MR) is 107 cm³/mol. The highest BCUT2D eigenvalue weighted by Crippen LogP contribution is 2.25. The van der Waals surface area contributed by atoms with Gasteiger partial charge in [0.15, 0.2) is 6.10 Å². The van der Waals surface area contributed by atoms with Crippen molar-refractivity contribution in [2.24, 2.45) is 0 Å². The van der Waals surface area contributed by atoms with Gasteiger partial charge in [-0.15, -0.1) is 0 Å². The van der Waals surface area contributed by atoms with Crippen LogP contribution in [0.2, 0.25) is 10.0 Å². The molecule has 0 spiro atoms. The van der Waals surface area contributed by atoms with E-state index in [4.69, 9.17) is 32.7 Å². The summed E-state index contributed by atoms with van der Waals surface area (Å²) in [6, 6.07) is 13.1. The molecule has 0 saturated carbocycles. The molecule has 0 heterocycles. The number of amides is 1. The third-order valence-electron chi connectivity index (χ3n) is 3.61. The van der Waals surface area contributed by atoms with E-state index in [9.17, 15) is 14.9 Å². The molecule has 6 nitrogen and oxygen atoms in total. The lowest BCUT2D eigenvalue weighted by atomic mass is 10.1. The molecule has 0 saturated heterocycles. The maximum absolute atomic E-state index is 12.2. The first-order valence-corrected chi connectivity index (χ1v) is 8.82. The number of benzene rings is 2. The summed E-state index contributed by atoms with van der Waals surface area (Å²) in [6.07, 6.45) is 0.217. The number of hydrogen-bond donors (Lipinski definition) is 1. The highest BCUT2D eigenvalue weighted by atomic mass is 35.5. The second kappa shape index (κ2) is 9.79. The van der Waals surface area contributed by atoms with Gasteiger partial charge in [0.25, 0.3) is 5.91 Å². The maximum atomic E-state index is 12.2. The fourth-order valence-corrected chi connectivity index (χ4v) is 2.56. The van der Waals surface area contributed by atoms with Gasteiger partial charge in [-0.1, -0.05) is 35.3 Å². The zero-order valence-electron chi connectivity index (χ0n) is 15.0. The van der Waals surface area contributed by atoms with E-state index >= 15 is 0 Å². The van der Waals surface area contributed by atoms with E-state index in [0.29, 0.717) is 22.0 Å². The molecule has 1 unspecified atom stereocenters. The van der Waals surface area contributed by atoms with Crippen LogP contribution >= 0.6 is 23.2 Å². The lowest BCUT2D eigenvalue weighted by molar-refractivity contribution is -0.148. The molecule has 2 rings (SSSR count). The van der Waals surface area contributed by atoms with Crippen molar-refractivity contribution in [2.45, 2.75) is 13.0 Å². The van der Waals surface area contributed by atoms with Gasteiger partial charge in [-0.25, -0.2) is 4.79 Å². The standard InChI is InChI=1S/C20H16Cl2N2O4/c1-12(19(25)24-18-8-5-15(21)10-17(18)22)28-20(26)14(11-23)9-13-3-6-16(27-2)7-4-13/h3-10,12H,1-2H3,(H,24,25)/b14-9+. The minimum atomic E-state index is -1.15. The van der Waals surface area contributed by atoms with Crippen molar-refractivity contribution < 1.29 is 19.1 Å². The summed E-state index contributed by atoms with van der Waals surface area (Å²) in [5, 5.41) is 12.4. The Morgan fingerprint density at radius 1 is 1.18 bits per heavy atom. The summed E-state index contributed by atoms with van der Waals surface area (Å²) in [4.78, 5) is 24.4. The van der Waals surface area contributed by atoms with E-state index in [1.165, 1.54) is 32.2 Å². The molecular formula is C20H16Cl2N2O4. The molecule has 0 aliphatic carbocycles. The van der Waals surface area contributed by atoms with Crippen LogP contribution in [0.4, 0.5) is 5.69 Å². The number of methoxy groups -OCH3 is 1. The van der Waals surface area contributed by atoms with E-state index in [1.54, 1.807) is 36.4 Å². The maximum Gasteiger partial charge on any atom is 0.349 e. The first kappa shape index (κ1) is 21.3. The van der Waals surface area contributed by atoms with Gasteiger partial charge < -0.3 is 14.8 Å². The minimum Gasteiger partial charge on any atom is -0.497 e. The first-order chi connectivity index (χ1) is 13.3. The number of nitrogens with zero attached hydrogens (tertiary/aromatic N) is 1. The topological polar surface area (TPSA) is 88.4 Å². The minimum absolute atomic E-state index is 0.241. The average Bonchev–Trinajstić information content (AvgIpc) is 2.68. The molecule has 1 amide bonds. The molecule has 8 heteroatoms. The van der Waals surface area contributed by atoms with Gasteiger partial charge in [-0.3, -0.25) is 4.79 Å². The molecule has 28 heavy (non-hydrogen) atoms. The normalized spacial score (nSPS) is 11.9. The molecule has 0 aliphatic heterocycles. The van der Waals surface area contributed by atoms with E-state index in [-0.39, 0.29) is 10.6 Å². The monoisotopic (exact) mass is 418 g/mol. The number of carbonyl (C=O) groups is 2. The summed E-state index contributed by atoms with van der Waals surface area (Å²) < 4.78 is 10.1. The number of hydrogen-bond acceptors (Lipinski definition) is 5. The highest BCUT2D eigenvalue weighted by Gasteiger charge is 2.21. The van der Waals surface area contributed by atoms with Crippen LogP contribution in [-0.2, 0) is 14.3 Å². The fraction of sp³-hybridized carbons (Fsp3) is 0.150. The van der Waals surface area contributed by atoms with E-state index in [2.05, 4.69) is 5.32 Å². The van der Waals surface area contributed by atoms with Gasteiger partial charge >= 0.3 is 5.97 Å². The van der Waals surface area contributed by atoms with Gasteiger partial charge in [0.2, 0.25) is 0 Å². The molecule has 2 aromatic rings.